The van der Waals surface area contributed by atoms with Crippen LogP contribution in [0.25, 0.3) is 11.1 Å². The summed E-state index contributed by atoms with van der Waals surface area (Å²) in [5, 5.41) is 13.1. The van der Waals surface area contributed by atoms with Crippen molar-refractivity contribution < 1.29 is 9.90 Å². The van der Waals surface area contributed by atoms with Crippen molar-refractivity contribution in [2.45, 2.75) is 51.7 Å². The van der Waals surface area contributed by atoms with E-state index < -0.39 is 5.91 Å². The number of amides is 1. The zero-order chi connectivity index (χ0) is 18.0. The van der Waals surface area contributed by atoms with Gasteiger partial charge in [-0.3, -0.25) is 4.79 Å². The molecular formula is C21H26N2O2. The Balaban J connectivity index is 1.87. The van der Waals surface area contributed by atoms with Crippen molar-refractivity contribution in [3.63, 3.8) is 0 Å². The number of aliphatic hydroxyl groups is 1. The molecule has 4 heteroatoms. The van der Waals surface area contributed by atoms with Crippen LogP contribution in [0.1, 0.15) is 47.2 Å². The van der Waals surface area contributed by atoms with Gasteiger partial charge in [-0.15, -0.1) is 0 Å². The molecule has 0 saturated heterocycles. The molecule has 1 fully saturated rings. The Morgan fingerprint density at radius 2 is 1.64 bits per heavy atom. The number of nitrogens with two attached hydrogens (primary N) is 1. The first-order chi connectivity index (χ1) is 11.9. The molecule has 2 aromatic rings. The lowest BCUT2D eigenvalue weighted by atomic mass is 9.92. The number of benzene rings is 2. The Morgan fingerprint density at radius 1 is 1.00 bits per heavy atom. The van der Waals surface area contributed by atoms with Gasteiger partial charge in [0.2, 0.25) is 0 Å². The molecule has 0 radical (unpaired) electrons. The fourth-order valence-corrected chi connectivity index (χ4v) is 3.41. The Hall–Kier alpha value is -2.33. The maximum atomic E-state index is 12.0. The number of hydrogen-bond acceptors (Lipinski definition) is 3. The third kappa shape index (κ3) is 4.02. The lowest BCUT2D eigenvalue weighted by Gasteiger charge is -2.27. The average Bonchev–Trinajstić information content (AvgIpc) is 2.59. The number of carbonyl (C=O) groups excluding carboxylic acids is 1. The third-order valence-electron chi connectivity index (χ3n) is 5.18. The lowest BCUT2D eigenvalue weighted by molar-refractivity contribution is 0.100. The van der Waals surface area contributed by atoms with Crippen molar-refractivity contribution in [2.24, 2.45) is 5.73 Å². The van der Waals surface area contributed by atoms with E-state index in [2.05, 4.69) is 37.4 Å². The van der Waals surface area contributed by atoms with Gasteiger partial charge in [0.15, 0.2) is 0 Å². The SMILES string of the molecule is Cc1ccc(-c2ccc(N[C@H]3CC[C@H](O)CC3)c(C(N)=O)c2)cc1C. The zero-order valence-corrected chi connectivity index (χ0v) is 14.9. The van der Waals surface area contributed by atoms with Crippen LogP contribution in [-0.2, 0) is 0 Å². The van der Waals surface area contributed by atoms with Gasteiger partial charge in [0.25, 0.3) is 5.91 Å². The highest BCUT2D eigenvalue weighted by Crippen LogP contribution is 2.29. The predicted molar refractivity (Wildman–Crippen MR) is 102 cm³/mol. The quantitative estimate of drug-likeness (QED) is 0.794. The minimum absolute atomic E-state index is 0.194. The topological polar surface area (TPSA) is 75.3 Å². The molecule has 4 N–H and O–H groups in total. The van der Waals surface area contributed by atoms with Gasteiger partial charge in [0.05, 0.1) is 11.7 Å². The highest BCUT2D eigenvalue weighted by atomic mass is 16.3. The standard InChI is InChI=1S/C21H26N2O2/c1-13-3-4-15(11-14(13)2)16-5-10-20(19(12-16)21(22)25)23-17-6-8-18(24)9-7-17/h3-5,10-12,17-18,23-24H,6-9H2,1-2H3,(H2,22,25)/t17-,18-. The van der Waals surface area contributed by atoms with Crippen LogP contribution in [0.4, 0.5) is 5.69 Å². The maximum Gasteiger partial charge on any atom is 0.250 e. The molecule has 4 nitrogen and oxygen atoms in total. The number of anilines is 1. The van der Waals surface area contributed by atoms with E-state index in [9.17, 15) is 9.90 Å². The highest BCUT2D eigenvalue weighted by molar-refractivity contribution is 6.00. The molecular weight excluding hydrogens is 312 g/mol. The fraction of sp³-hybridized carbons (Fsp3) is 0.381. The minimum Gasteiger partial charge on any atom is -0.393 e. The van der Waals surface area contributed by atoms with Crippen LogP contribution in [-0.4, -0.2) is 23.2 Å². The molecule has 0 heterocycles. The fourth-order valence-electron chi connectivity index (χ4n) is 3.41. The normalized spacial score (nSPS) is 20.3. The molecule has 0 spiro atoms. The predicted octanol–water partition coefficient (Wildman–Crippen LogP) is 3.78. The number of aryl methyl sites for hydroxylation is 2. The summed E-state index contributed by atoms with van der Waals surface area (Å²) in [7, 11) is 0. The van der Waals surface area contributed by atoms with Gasteiger partial charge in [-0.25, -0.2) is 0 Å². The van der Waals surface area contributed by atoms with Gasteiger partial charge in [-0.2, -0.15) is 0 Å². The van der Waals surface area contributed by atoms with E-state index in [1.807, 2.05) is 18.2 Å². The number of rotatable bonds is 4. The third-order valence-corrected chi connectivity index (χ3v) is 5.18. The Kier molecular flexibility index (Phi) is 5.09. The second-order valence-electron chi connectivity index (χ2n) is 7.07. The van der Waals surface area contributed by atoms with Gasteiger partial charge in [0.1, 0.15) is 0 Å². The zero-order valence-electron chi connectivity index (χ0n) is 14.9. The number of aliphatic hydroxyl groups excluding tert-OH is 1. The van der Waals surface area contributed by atoms with Gasteiger partial charge in [-0.05, 0) is 73.9 Å². The van der Waals surface area contributed by atoms with Crippen molar-refractivity contribution in [1.82, 2.24) is 0 Å². The van der Waals surface area contributed by atoms with Gasteiger partial charge >= 0.3 is 0 Å². The van der Waals surface area contributed by atoms with Gasteiger partial charge in [-0.1, -0.05) is 24.3 Å². The molecule has 1 saturated carbocycles. The molecule has 0 bridgehead atoms. The molecule has 25 heavy (non-hydrogen) atoms. The molecule has 0 aliphatic heterocycles. The van der Waals surface area contributed by atoms with E-state index in [0.717, 1.165) is 42.5 Å². The Morgan fingerprint density at radius 3 is 2.28 bits per heavy atom. The number of nitrogens with one attached hydrogen (secondary N) is 1. The second-order valence-corrected chi connectivity index (χ2v) is 7.07. The summed E-state index contributed by atoms with van der Waals surface area (Å²) in [4.78, 5) is 12.0. The van der Waals surface area contributed by atoms with Crippen molar-refractivity contribution in [1.29, 1.82) is 0 Å². The van der Waals surface area contributed by atoms with Crippen molar-refractivity contribution >= 4 is 11.6 Å². The molecule has 0 unspecified atom stereocenters. The van der Waals surface area contributed by atoms with E-state index in [0.29, 0.717) is 5.56 Å². The number of hydrogen-bond donors (Lipinski definition) is 3. The Labute approximate surface area is 149 Å². The van der Waals surface area contributed by atoms with E-state index >= 15 is 0 Å². The molecule has 3 rings (SSSR count). The molecule has 0 aromatic heterocycles. The second kappa shape index (κ2) is 7.28. The first-order valence-electron chi connectivity index (χ1n) is 8.90. The number of carbonyl (C=O) groups is 1. The van der Waals surface area contributed by atoms with Crippen LogP contribution in [0.15, 0.2) is 36.4 Å². The van der Waals surface area contributed by atoms with Crippen LogP contribution in [0.3, 0.4) is 0 Å². The molecule has 1 amide bonds. The van der Waals surface area contributed by atoms with E-state index in [1.54, 1.807) is 0 Å². The molecule has 132 valence electrons. The van der Waals surface area contributed by atoms with Crippen LogP contribution < -0.4 is 11.1 Å². The summed E-state index contributed by atoms with van der Waals surface area (Å²) >= 11 is 0. The smallest absolute Gasteiger partial charge is 0.250 e. The van der Waals surface area contributed by atoms with Crippen molar-refractivity contribution in [3.8, 4) is 11.1 Å². The molecule has 1 aliphatic carbocycles. The van der Waals surface area contributed by atoms with Crippen LogP contribution in [0.5, 0.6) is 0 Å². The minimum atomic E-state index is -0.427. The van der Waals surface area contributed by atoms with E-state index in [-0.39, 0.29) is 12.1 Å². The van der Waals surface area contributed by atoms with E-state index in [4.69, 9.17) is 5.73 Å². The first-order valence-corrected chi connectivity index (χ1v) is 8.90. The summed E-state index contributed by atoms with van der Waals surface area (Å²) < 4.78 is 0. The summed E-state index contributed by atoms with van der Waals surface area (Å²) in [5.74, 6) is -0.427. The largest absolute Gasteiger partial charge is 0.393 e. The average molecular weight is 338 g/mol. The van der Waals surface area contributed by atoms with E-state index in [1.165, 1.54) is 11.1 Å². The van der Waals surface area contributed by atoms with Crippen LogP contribution >= 0.6 is 0 Å². The van der Waals surface area contributed by atoms with Gasteiger partial charge < -0.3 is 16.2 Å². The summed E-state index contributed by atoms with van der Waals surface area (Å²) in [6, 6.07) is 12.4. The summed E-state index contributed by atoms with van der Waals surface area (Å²) in [6.45, 7) is 4.17. The van der Waals surface area contributed by atoms with Crippen molar-refractivity contribution in [3.05, 3.63) is 53.1 Å². The summed E-state index contributed by atoms with van der Waals surface area (Å²) in [5.41, 5.74) is 11.5. The molecule has 1 aliphatic rings. The van der Waals surface area contributed by atoms with Crippen LogP contribution in [0, 0.1) is 13.8 Å². The van der Waals surface area contributed by atoms with Crippen molar-refractivity contribution in [2.75, 3.05) is 5.32 Å². The van der Waals surface area contributed by atoms with Gasteiger partial charge in [0, 0.05) is 11.7 Å². The Bertz CT molecular complexity index is 777. The lowest BCUT2D eigenvalue weighted by Crippen LogP contribution is -2.29. The highest BCUT2D eigenvalue weighted by Gasteiger charge is 2.21. The van der Waals surface area contributed by atoms with Crippen LogP contribution in [0.2, 0.25) is 0 Å². The molecule has 0 atom stereocenters. The monoisotopic (exact) mass is 338 g/mol. The maximum absolute atomic E-state index is 12.0. The molecule has 2 aromatic carbocycles. The number of primary amides is 1. The first kappa shape index (κ1) is 17.5. The summed E-state index contributed by atoms with van der Waals surface area (Å²) in [6.07, 6.45) is 3.20.